The van der Waals surface area contributed by atoms with Crippen LogP contribution in [-0.4, -0.2) is 51.8 Å². The van der Waals surface area contributed by atoms with Gasteiger partial charge in [0.1, 0.15) is 29.0 Å². The number of nitrogens with one attached hydrogen (secondary N) is 1. The van der Waals surface area contributed by atoms with Crippen LogP contribution in [0.4, 0.5) is 24.7 Å². The second-order valence-electron chi connectivity index (χ2n) is 10.6. The van der Waals surface area contributed by atoms with Gasteiger partial charge in [-0.15, -0.1) is 0 Å². The third kappa shape index (κ3) is 8.28. The van der Waals surface area contributed by atoms with Gasteiger partial charge in [-0.1, -0.05) is 29.7 Å². The Balaban J connectivity index is 0.00000380. The number of halogens is 3. The van der Waals surface area contributed by atoms with Crippen molar-refractivity contribution in [3.05, 3.63) is 35.5 Å². The zero-order valence-corrected chi connectivity index (χ0v) is 21.3. The number of carbonyl (C=O) groups is 1. The number of hydrogen-bond donors (Lipinski definition) is 1. The number of aromatic nitrogens is 3. The van der Waals surface area contributed by atoms with Crippen LogP contribution >= 0.6 is 0 Å². The van der Waals surface area contributed by atoms with Gasteiger partial charge in [0, 0.05) is 13.5 Å². The molecular formula is C29H48F3N5O3. The van der Waals surface area contributed by atoms with E-state index in [0.717, 1.165) is 25.1 Å². The van der Waals surface area contributed by atoms with Crippen molar-refractivity contribution in [1.82, 2.24) is 15.0 Å². The zero-order chi connectivity index (χ0) is 26.4. The first-order chi connectivity index (χ1) is 16.7. The van der Waals surface area contributed by atoms with Crippen molar-refractivity contribution < 1.29 is 27.4 Å². The maximum absolute atomic E-state index is 12.9. The van der Waals surface area contributed by atoms with Crippen molar-refractivity contribution >= 4 is 17.4 Å². The lowest BCUT2D eigenvalue weighted by molar-refractivity contribution is -0.141. The Labute approximate surface area is 238 Å². The Morgan fingerprint density at radius 3 is 2.25 bits per heavy atom. The van der Waals surface area contributed by atoms with Gasteiger partial charge in [0.25, 0.3) is 0 Å². The van der Waals surface area contributed by atoms with Crippen LogP contribution in [0.2, 0.25) is 0 Å². The second-order valence-corrected chi connectivity index (χ2v) is 10.6. The van der Waals surface area contributed by atoms with Crippen molar-refractivity contribution in [2.45, 2.75) is 114 Å². The van der Waals surface area contributed by atoms with Crippen LogP contribution in [0.25, 0.3) is 0 Å². The number of nitrogens with zero attached hydrogens (tertiary/aromatic N) is 4. The van der Waals surface area contributed by atoms with E-state index in [4.69, 9.17) is 14.5 Å². The monoisotopic (exact) mass is 571 g/mol. The molecule has 2 aromatic heterocycles. The highest BCUT2D eigenvalue weighted by atomic mass is 19.4. The summed E-state index contributed by atoms with van der Waals surface area (Å²) in [5, 5.41) is 2.95. The first kappa shape index (κ1) is 37.0. The van der Waals surface area contributed by atoms with Crippen LogP contribution in [0.15, 0.2) is 18.3 Å². The predicted octanol–water partition coefficient (Wildman–Crippen LogP) is 7.10. The van der Waals surface area contributed by atoms with E-state index in [-0.39, 0.29) is 53.7 Å². The molecule has 0 unspecified atom stereocenters. The number of carbonyl (C=O) groups excluding carboxylic acids is 1. The molecule has 228 valence electrons. The largest absolute Gasteiger partial charge is 0.489 e. The Bertz CT molecular complexity index is 1110. The molecule has 4 rings (SSSR count). The van der Waals surface area contributed by atoms with Crippen molar-refractivity contribution in [1.29, 1.82) is 0 Å². The molecule has 3 heterocycles. The van der Waals surface area contributed by atoms with Gasteiger partial charge in [-0.25, -0.2) is 15.0 Å². The summed E-state index contributed by atoms with van der Waals surface area (Å²) in [6.07, 6.45) is -1.68. The fraction of sp³-hybridized carbons (Fsp3) is 0.655. The predicted molar refractivity (Wildman–Crippen MR) is 155 cm³/mol. The minimum absolute atomic E-state index is 0. The first-order valence-corrected chi connectivity index (χ1v) is 12.0. The maximum atomic E-state index is 12.9. The lowest BCUT2D eigenvalue weighted by atomic mass is 9.80. The van der Waals surface area contributed by atoms with Crippen LogP contribution in [-0.2, 0) is 22.1 Å². The third-order valence-corrected chi connectivity index (χ3v) is 6.36. The number of aryl methyl sites for hydroxylation is 1. The molecule has 1 saturated carbocycles. The standard InChI is InChI=1S/C25H32F3N5O3.4CH4/c1-13-20-22(33(6)21(23(34)32-20)14(2)36-24(3,4)5)31-19(30-13)11-15-9-17(10-15)35-16-7-8-18(29-12-16)25(26,27)28;;;;/h7-8,12,14-15,17,21H,9-11H2,1-6H3,(H,32,34);4*1H4/t14-,15?,17?,21+;;;;/m1..../s1. The normalized spacial score (nSPS) is 20.7. The van der Waals surface area contributed by atoms with Gasteiger partial charge in [0.15, 0.2) is 5.82 Å². The average Bonchev–Trinajstić information content (AvgIpc) is 2.71. The smallest absolute Gasteiger partial charge is 0.433 e. The molecule has 0 spiro atoms. The maximum Gasteiger partial charge on any atom is 0.433 e. The van der Waals surface area contributed by atoms with Crippen molar-refractivity contribution in [2.24, 2.45) is 5.92 Å². The molecule has 40 heavy (non-hydrogen) atoms. The summed E-state index contributed by atoms with van der Waals surface area (Å²) < 4.78 is 49.8. The topological polar surface area (TPSA) is 89.5 Å². The minimum atomic E-state index is -4.47. The van der Waals surface area contributed by atoms with Gasteiger partial charge in [-0.2, -0.15) is 13.2 Å². The quantitative estimate of drug-likeness (QED) is 0.395. The number of amides is 1. The molecule has 1 fully saturated rings. The number of hydrogen-bond acceptors (Lipinski definition) is 7. The molecular weight excluding hydrogens is 523 g/mol. The first-order valence-electron chi connectivity index (χ1n) is 12.0. The van der Waals surface area contributed by atoms with Gasteiger partial charge in [0.2, 0.25) is 5.91 Å². The number of rotatable bonds is 6. The molecule has 1 amide bonds. The fourth-order valence-corrected chi connectivity index (χ4v) is 4.77. The number of anilines is 2. The third-order valence-electron chi connectivity index (χ3n) is 6.36. The number of likely N-dealkylation sites (N-methyl/N-ethyl adjacent to an activating group) is 1. The number of pyridine rings is 1. The van der Waals surface area contributed by atoms with Gasteiger partial charge < -0.3 is 19.7 Å². The number of ether oxygens (including phenoxy) is 2. The number of fused-ring (bicyclic) bond motifs is 1. The molecule has 1 aliphatic carbocycles. The summed E-state index contributed by atoms with van der Waals surface area (Å²) in [5.74, 6) is 1.80. The summed E-state index contributed by atoms with van der Waals surface area (Å²) >= 11 is 0. The lowest BCUT2D eigenvalue weighted by Crippen LogP contribution is -2.54. The van der Waals surface area contributed by atoms with Gasteiger partial charge >= 0.3 is 6.18 Å². The van der Waals surface area contributed by atoms with Crippen LogP contribution in [0.5, 0.6) is 5.75 Å². The summed E-state index contributed by atoms with van der Waals surface area (Å²) in [5.41, 5.74) is -0.0348. The number of alkyl halides is 3. The second kappa shape index (κ2) is 13.6. The summed E-state index contributed by atoms with van der Waals surface area (Å²) in [6.45, 7) is 9.58. The van der Waals surface area contributed by atoms with E-state index in [9.17, 15) is 18.0 Å². The van der Waals surface area contributed by atoms with E-state index < -0.39 is 23.5 Å². The molecule has 1 N–H and O–H groups in total. The fourth-order valence-electron chi connectivity index (χ4n) is 4.77. The average molecular weight is 572 g/mol. The summed E-state index contributed by atoms with van der Waals surface area (Å²) in [7, 11) is 1.84. The molecule has 2 atom stereocenters. The Hall–Kier alpha value is -2.95. The molecule has 0 saturated heterocycles. The van der Waals surface area contributed by atoms with E-state index >= 15 is 0 Å². The van der Waals surface area contributed by atoms with Crippen LogP contribution in [0, 0.1) is 12.8 Å². The minimum Gasteiger partial charge on any atom is -0.489 e. The summed E-state index contributed by atoms with van der Waals surface area (Å²) in [4.78, 5) is 27.5. The van der Waals surface area contributed by atoms with Crippen molar-refractivity contribution in [2.75, 3.05) is 17.3 Å². The SMILES string of the molecule is C.C.C.C.Cc1nc(CC2CC(Oc3ccc(C(F)(F)F)nc3)C2)nc2c1NC(=O)[C@H]([C@@H](C)OC(C)(C)C)N2C. The molecule has 1 aliphatic heterocycles. The Morgan fingerprint density at radius 1 is 1.10 bits per heavy atom. The lowest BCUT2D eigenvalue weighted by Gasteiger charge is -2.40. The van der Waals surface area contributed by atoms with Crippen LogP contribution in [0.3, 0.4) is 0 Å². The van der Waals surface area contributed by atoms with Gasteiger partial charge in [0.05, 0.1) is 29.7 Å². The summed E-state index contributed by atoms with van der Waals surface area (Å²) in [6, 6.07) is 1.69. The van der Waals surface area contributed by atoms with E-state index in [2.05, 4.69) is 15.3 Å². The van der Waals surface area contributed by atoms with Crippen LogP contribution < -0.4 is 15.0 Å². The highest BCUT2D eigenvalue weighted by Gasteiger charge is 2.39. The van der Waals surface area contributed by atoms with Crippen molar-refractivity contribution in [3.63, 3.8) is 0 Å². The molecule has 2 aliphatic rings. The van der Waals surface area contributed by atoms with E-state index in [1.54, 1.807) is 0 Å². The molecule has 0 aromatic carbocycles. The molecule has 0 bridgehead atoms. The van der Waals surface area contributed by atoms with E-state index in [1.807, 2.05) is 46.6 Å². The van der Waals surface area contributed by atoms with E-state index in [1.165, 1.54) is 6.07 Å². The van der Waals surface area contributed by atoms with Crippen LogP contribution in [0.1, 0.15) is 87.5 Å². The van der Waals surface area contributed by atoms with E-state index in [0.29, 0.717) is 35.2 Å². The Morgan fingerprint density at radius 2 is 1.73 bits per heavy atom. The molecule has 0 radical (unpaired) electrons. The van der Waals surface area contributed by atoms with Gasteiger partial charge in [-0.3, -0.25) is 4.79 Å². The highest BCUT2D eigenvalue weighted by molar-refractivity contribution is 6.03. The van der Waals surface area contributed by atoms with Crippen molar-refractivity contribution in [3.8, 4) is 5.75 Å². The molecule has 11 heteroatoms. The molecule has 2 aromatic rings. The molecule has 8 nitrogen and oxygen atoms in total. The zero-order valence-electron chi connectivity index (χ0n) is 21.3. The van der Waals surface area contributed by atoms with Gasteiger partial charge in [-0.05, 0) is 65.5 Å². The Kier molecular flexibility index (Phi) is 12.6. The highest BCUT2D eigenvalue weighted by Crippen LogP contribution is 2.37.